The molecule has 2 aliphatic carbocycles. The molecule has 104 valence electrons. The molecule has 2 N–H and O–H groups in total. The SMILES string of the molecule is CCC1CCC(C(N)c2cccc(C3CCC3)c2)C1. The van der Waals surface area contributed by atoms with Gasteiger partial charge in [0.2, 0.25) is 0 Å². The zero-order chi connectivity index (χ0) is 13.2. The Balaban J connectivity index is 1.70. The van der Waals surface area contributed by atoms with Gasteiger partial charge in [-0.1, -0.05) is 50.5 Å². The second kappa shape index (κ2) is 5.66. The van der Waals surface area contributed by atoms with Crippen molar-refractivity contribution < 1.29 is 0 Å². The van der Waals surface area contributed by atoms with Gasteiger partial charge >= 0.3 is 0 Å². The molecule has 2 saturated carbocycles. The van der Waals surface area contributed by atoms with Crippen LogP contribution in [0.1, 0.15) is 75.0 Å². The predicted octanol–water partition coefficient (Wildman–Crippen LogP) is 4.78. The van der Waals surface area contributed by atoms with E-state index in [9.17, 15) is 0 Å². The molecule has 1 nitrogen and oxygen atoms in total. The van der Waals surface area contributed by atoms with Crippen LogP contribution >= 0.6 is 0 Å². The van der Waals surface area contributed by atoms with Gasteiger partial charge in [-0.15, -0.1) is 0 Å². The van der Waals surface area contributed by atoms with Crippen molar-refractivity contribution in [1.82, 2.24) is 0 Å². The van der Waals surface area contributed by atoms with Crippen molar-refractivity contribution >= 4 is 0 Å². The van der Waals surface area contributed by atoms with E-state index in [1.165, 1.54) is 56.1 Å². The highest BCUT2D eigenvalue weighted by Crippen LogP contribution is 2.41. The van der Waals surface area contributed by atoms with Gasteiger partial charge in [0, 0.05) is 6.04 Å². The highest BCUT2D eigenvalue weighted by Gasteiger charge is 2.29. The maximum atomic E-state index is 6.55. The lowest BCUT2D eigenvalue weighted by atomic mass is 9.79. The van der Waals surface area contributed by atoms with Gasteiger partial charge in [-0.25, -0.2) is 0 Å². The molecule has 0 bridgehead atoms. The van der Waals surface area contributed by atoms with Crippen molar-refractivity contribution in [2.45, 2.75) is 63.8 Å². The first kappa shape index (κ1) is 13.2. The van der Waals surface area contributed by atoms with Crippen molar-refractivity contribution in [3.63, 3.8) is 0 Å². The molecule has 0 radical (unpaired) electrons. The summed E-state index contributed by atoms with van der Waals surface area (Å²) >= 11 is 0. The van der Waals surface area contributed by atoms with E-state index in [0.717, 1.165) is 11.8 Å². The molecule has 0 aromatic heterocycles. The minimum Gasteiger partial charge on any atom is -0.324 e. The Hall–Kier alpha value is -0.820. The molecule has 2 fully saturated rings. The lowest BCUT2D eigenvalue weighted by Gasteiger charge is -2.27. The molecule has 3 rings (SSSR count). The minimum atomic E-state index is 0.261. The van der Waals surface area contributed by atoms with Crippen LogP contribution in [0.2, 0.25) is 0 Å². The molecular formula is C18H27N. The number of rotatable bonds is 4. The fourth-order valence-corrected chi connectivity index (χ4v) is 3.84. The third kappa shape index (κ3) is 2.72. The summed E-state index contributed by atoms with van der Waals surface area (Å²) in [7, 11) is 0. The second-order valence-electron chi connectivity index (χ2n) is 6.67. The number of benzene rings is 1. The largest absolute Gasteiger partial charge is 0.324 e. The molecule has 19 heavy (non-hydrogen) atoms. The van der Waals surface area contributed by atoms with Gasteiger partial charge in [0.05, 0.1) is 0 Å². The summed E-state index contributed by atoms with van der Waals surface area (Å²) in [6.45, 7) is 2.32. The summed E-state index contributed by atoms with van der Waals surface area (Å²) in [5.74, 6) is 2.45. The second-order valence-corrected chi connectivity index (χ2v) is 6.67. The molecule has 3 atom stereocenters. The summed E-state index contributed by atoms with van der Waals surface area (Å²) in [5.41, 5.74) is 9.46. The molecule has 1 heteroatoms. The lowest BCUT2D eigenvalue weighted by Crippen LogP contribution is -2.20. The van der Waals surface area contributed by atoms with E-state index < -0.39 is 0 Å². The Morgan fingerprint density at radius 3 is 2.68 bits per heavy atom. The van der Waals surface area contributed by atoms with Gasteiger partial charge < -0.3 is 5.73 Å². The smallest absolute Gasteiger partial charge is 0.0323 e. The van der Waals surface area contributed by atoms with Gasteiger partial charge in [0.1, 0.15) is 0 Å². The molecule has 0 saturated heterocycles. The van der Waals surface area contributed by atoms with Gasteiger partial charge in [0.15, 0.2) is 0 Å². The Morgan fingerprint density at radius 2 is 2.05 bits per heavy atom. The zero-order valence-electron chi connectivity index (χ0n) is 12.1. The Bertz CT molecular complexity index is 421. The average Bonchev–Trinajstić information content (AvgIpc) is 2.85. The molecule has 1 aromatic carbocycles. The maximum Gasteiger partial charge on any atom is 0.0323 e. The van der Waals surface area contributed by atoms with E-state index in [2.05, 4.69) is 31.2 Å². The van der Waals surface area contributed by atoms with Crippen LogP contribution in [0.4, 0.5) is 0 Å². The molecule has 3 unspecified atom stereocenters. The van der Waals surface area contributed by atoms with E-state index in [1.54, 1.807) is 0 Å². The van der Waals surface area contributed by atoms with Crippen molar-refractivity contribution in [3.05, 3.63) is 35.4 Å². The van der Waals surface area contributed by atoms with E-state index in [0.29, 0.717) is 5.92 Å². The molecule has 0 heterocycles. The zero-order valence-corrected chi connectivity index (χ0v) is 12.1. The fraction of sp³-hybridized carbons (Fsp3) is 0.667. The Kier molecular flexibility index (Phi) is 3.93. The summed E-state index contributed by atoms with van der Waals surface area (Å²) < 4.78 is 0. The molecular weight excluding hydrogens is 230 g/mol. The van der Waals surface area contributed by atoms with E-state index in [1.807, 2.05) is 0 Å². The monoisotopic (exact) mass is 257 g/mol. The quantitative estimate of drug-likeness (QED) is 0.825. The third-order valence-corrected chi connectivity index (χ3v) is 5.54. The summed E-state index contributed by atoms with van der Waals surface area (Å²) in [6, 6.07) is 9.41. The minimum absolute atomic E-state index is 0.261. The van der Waals surface area contributed by atoms with Crippen LogP contribution in [0, 0.1) is 11.8 Å². The van der Waals surface area contributed by atoms with Crippen LogP contribution in [-0.2, 0) is 0 Å². The van der Waals surface area contributed by atoms with Gasteiger partial charge in [-0.2, -0.15) is 0 Å². The topological polar surface area (TPSA) is 26.0 Å². The number of hydrogen-bond donors (Lipinski definition) is 1. The first-order valence-electron chi connectivity index (χ1n) is 8.13. The van der Waals surface area contributed by atoms with Gasteiger partial charge in [-0.05, 0) is 54.6 Å². The van der Waals surface area contributed by atoms with Crippen LogP contribution in [0.3, 0.4) is 0 Å². The first-order chi connectivity index (χ1) is 9.28. The number of hydrogen-bond acceptors (Lipinski definition) is 1. The van der Waals surface area contributed by atoms with Gasteiger partial charge in [0.25, 0.3) is 0 Å². The maximum absolute atomic E-state index is 6.55. The predicted molar refractivity (Wildman–Crippen MR) is 81.1 cm³/mol. The summed E-state index contributed by atoms with van der Waals surface area (Å²) in [6.07, 6.45) is 9.53. The molecule has 1 aromatic rings. The van der Waals surface area contributed by atoms with Gasteiger partial charge in [-0.3, -0.25) is 0 Å². The van der Waals surface area contributed by atoms with Crippen molar-refractivity contribution in [2.24, 2.45) is 17.6 Å². The number of nitrogens with two attached hydrogens (primary N) is 1. The molecule has 0 aliphatic heterocycles. The van der Waals surface area contributed by atoms with Crippen LogP contribution in [0.15, 0.2) is 24.3 Å². The Labute approximate surface area is 117 Å². The highest BCUT2D eigenvalue weighted by molar-refractivity contribution is 5.30. The summed E-state index contributed by atoms with van der Waals surface area (Å²) in [4.78, 5) is 0. The van der Waals surface area contributed by atoms with Crippen molar-refractivity contribution in [1.29, 1.82) is 0 Å². The molecule has 2 aliphatic rings. The van der Waals surface area contributed by atoms with Crippen LogP contribution in [0.5, 0.6) is 0 Å². The Morgan fingerprint density at radius 1 is 1.21 bits per heavy atom. The normalized spacial score (nSPS) is 29.2. The van der Waals surface area contributed by atoms with Crippen molar-refractivity contribution in [2.75, 3.05) is 0 Å². The van der Waals surface area contributed by atoms with Crippen LogP contribution < -0.4 is 5.73 Å². The standard InChI is InChI=1S/C18H27N/c1-2-13-9-10-17(11-13)18(19)16-8-4-7-15(12-16)14-5-3-6-14/h4,7-8,12-14,17-18H,2-3,5-6,9-11,19H2,1H3. The highest BCUT2D eigenvalue weighted by atomic mass is 14.7. The van der Waals surface area contributed by atoms with E-state index in [4.69, 9.17) is 5.73 Å². The lowest BCUT2D eigenvalue weighted by molar-refractivity contribution is 0.409. The molecule has 0 spiro atoms. The van der Waals surface area contributed by atoms with Crippen LogP contribution in [-0.4, -0.2) is 0 Å². The average molecular weight is 257 g/mol. The molecule has 0 amide bonds. The van der Waals surface area contributed by atoms with Crippen LogP contribution in [0.25, 0.3) is 0 Å². The first-order valence-corrected chi connectivity index (χ1v) is 8.13. The van der Waals surface area contributed by atoms with Crippen molar-refractivity contribution in [3.8, 4) is 0 Å². The fourth-order valence-electron chi connectivity index (χ4n) is 3.84. The summed E-state index contributed by atoms with van der Waals surface area (Å²) in [5, 5.41) is 0. The van der Waals surface area contributed by atoms with E-state index in [-0.39, 0.29) is 6.04 Å². The van der Waals surface area contributed by atoms with E-state index >= 15 is 0 Å². The third-order valence-electron chi connectivity index (χ3n) is 5.54.